The van der Waals surface area contributed by atoms with Crippen LogP contribution in [0, 0.1) is 5.41 Å². The largest absolute Gasteiger partial charge is 0.468 e. The molecule has 1 aromatic heterocycles. The molecule has 1 spiro atoms. The first-order chi connectivity index (χ1) is 9.68. The number of likely N-dealkylation sites (tertiary alicyclic amines) is 1. The van der Waals surface area contributed by atoms with Crippen LogP contribution in [-0.4, -0.2) is 35.5 Å². The number of methoxy groups -OCH3 is 1. The van der Waals surface area contributed by atoms with Gasteiger partial charge in [-0.25, -0.2) is 0 Å². The number of carbonyl (C=O) groups excluding carboxylic acids is 1. The maximum atomic E-state index is 12.2. The van der Waals surface area contributed by atoms with E-state index in [4.69, 9.17) is 4.74 Å². The van der Waals surface area contributed by atoms with Gasteiger partial charge in [-0.15, -0.1) is 0 Å². The molecule has 1 saturated heterocycles. The molecule has 20 heavy (non-hydrogen) atoms. The Labute approximate surface area is 120 Å². The van der Waals surface area contributed by atoms with Crippen molar-refractivity contribution in [3.63, 3.8) is 0 Å². The summed E-state index contributed by atoms with van der Waals surface area (Å²) in [5, 5.41) is 0. The van der Waals surface area contributed by atoms with Gasteiger partial charge in [-0.2, -0.15) is 0 Å². The molecule has 0 amide bonds. The third-order valence-electron chi connectivity index (χ3n) is 5.12. The summed E-state index contributed by atoms with van der Waals surface area (Å²) in [6, 6.07) is 4.21. The van der Waals surface area contributed by atoms with Gasteiger partial charge in [-0.05, 0) is 37.5 Å². The van der Waals surface area contributed by atoms with E-state index in [1.54, 1.807) is 0 Å². The maximum absolute atomic E-state index is 12.2. The number of hydrogen-bond acceptors (Lipinski definition) is 4. The fourth-order valence-electron chi connectivity index (χ4n) is 3.98. The Kier molecular flexibility index (Phi) is 3.50. The van der Waals surface area contributed by atoms with Crippen molar-refractivity contribution < 1.29 is 9.53 Å². The Balaban J connectivity index is 1.82. The SMILES string of the molecule is COC(=O)C1N(C(C)c2ccncc2)CC12CCCC2. The van der Waals surface area contributed by atoms with Crippen LogP contribution in [0.15, 0.2) is 24.5 Å². The summed E-state index contributed by atoms with van der Waals surface area (Å²) >= 11 is 0. The summed E-state index contributed by atoms with van der Waals surface area (Å²) < 4.78 is 5.06. The highest BCUT2D eigenvalue weighted by atomic mass is 16.5. The zero-order valence-electron chi connectivity index (χ0n) is 12.2. The smallest absolute Gasteiger partial charge is 0.323 e. The minimum atomic E-state index is -0.0711. The number of carbonyl (C=O) groups is 1. The number of nitrogens with zero attached hydrogens (tertiary/aromatic N) is 2. The molecule has 0 bridgehead atoms. The molecule has 2 atom stereocenters. The van der Waals surface area contributed by atoms with E-state index in [1.807, 2.05) is 24.5 Å². The molecular weight excluding hydrogens is 252 g/mol. The van der Waals surface area contributed by atoms with E-state index in [1.165, 1.54) is 25.5 Å². The summed E-state index contributed by atoms with van der Waals surface area (Å²) in [6.07, 6.45) is 8.42. The number of esters is 1. The molecule has 0 radical (unpaired) electrons. The predicted octanol–water partition coefficient (Wildman–Crippen LogP) is 2.56. The van der Waals surface area contributed by atoms with Crippen molar-refractivity contribution in [1.29, 1.82) is 0 Å². The molecule has 3 rings (SSSR count). The molecule has 0 N–H and O–H groups in total. The van der Waals surface area contributed by atoms with E-state index in [0.717, 1.165) is 19.4 Å². The molecule has 1 aromatic rings. The minimum Gasteiger partial charge on any atom is -0.468 e. The Bertz CT molecular complexity index is 483. The number of rotatable bonds is 3. The average Bonchev–Trinajstić information content (AvgIpc) is 2.96. The van der Waals surface area contributed by atoms with Crippen molar-refractivity contribution in [2.45, 2.75) is 44.7 Å². The minimum absolute atomic E-state index is 0.0703. The third-order valence-corrected chi connectivity index (χ3v) is 5.12. The van der Waals surface area contributed by atoms with Gasteiger partial charge in [0.25, 0.3) is 0 Å². The average molecular weight is 274 g/mol. The highest BCUT2D eigenvalue weighted by Gasteiger charge is 2.58. The van der Waals surface area contributed by atoms with Crippen LogP contribution in [0.3, 0.4) is 0 Å². The van der Waals surface area contributed by atoms with Crippen LogP contribution in [0.5, 0.6) is 0 Å². The summed E-state index contributed by atoms with van der Waals surface area (Å²) in [5.41, 5.74) is 1.38. The summed E-state index contributed by atoms with van der Waals surface area (Å²) in [6.45, 7) is 3.17. The van der Waals surface area contributed by atoms with Gasteiger partial charge in [-0.3, -0.25) is 14.7 Å². The van der Waals surface area contributed by atoms with Gasteiger partial charge in [0.1, 0.15) is 6.04 Å². The normalized spacial score (nSPS) is 26.2. The number of ether oxygens (including phenoxy) is 1. The second-order valence-electron chi connectivity index (χ2n) is 6.12. The molecule has 108 valence electrons. The number of hydrogen-bond donors (Lipinski definition) is 0. The topological polar surface area (TPSA) is 42.4 Å². The van der Waals surface area contributed by atoms with Gasteiger partial charge in [0, 0.05) is 30.4 Å². The van der Waals surface area contributed by atoms with Crippen molar-refractivity contribution in [2.24, 2.45) is 5.41 Å². The van der Waals surface area contributed by atoms with Crippen molar-refractivity contribution >= 4 is 5.97 Å². The molecule has 2 aliphatic rings. The van der Waals surface area contributed by atoms with Gasteiger partial charge in [0.2, 0.25) is 0 Å². The van der Waals surface area contributed by atoms with Crippen LogP contribution >= 0.6 is 0 Å². The molecule has 2 fully saturated rings. The molecule has 2 unspecified atom stereocenters. The van der Waals surface area contributed by atoms with Gasteiger partial charge in [0.05, 0.1) is 7.11 Å². The number of pyridine rings is 1. The van der Waals surface area contributed by atoms with E-state index < -0.39 is 0 Å². The summed E-state index contributed by atoms with van der Waals surface area (Å²) in [5.74, 6) is -0.0703. The fourth-order valence-corrected chi connectivity index (χ4v) is 3.98. The van der Waals surface area contributed by atoms with Crippen molar-refractivity contribution in [1.82, 2.24) is 9.88 Å². The van der Waals surface area contributed by atoms with Crippen LogP contribution in [0.2, 0.25) is 0 Å². The molecular formula is C16H22N2O2. The summed E-state index contributed by atoms with van der Waals surface area (Å²) in [4.78, 5) is 18.6. The molecule has 2 heterocycles. The second-order valence-corrected chi connectivity index (χ2v) is 6.12. The summed E-state index contributed by atoms with van der Waals surface area (Å²) in [7, 11) is 1.50. The van der Waals surface area contributed by atoms with Crippen LogP contribution in [0.4, 0.5) is 0 Å². The Hall–Kier alpha value is -1.42. The maximum Gasteiger partial charge on any atom is 0.323 e. The van der Waals surface area contributed by atoms with E-state index in [2.05, 4.69) is 16.8 Å². The van der Waals surface area contributed by atoms with E-state index >= 15 is 0 Å². The predicted molar refractivity (Wildman–Crippen MR) is 76.1 cm³/mol. The Morgan fingerprint density at radius 1 is 1.40 bits per heavy atom. The van der Waals surface area contributed by atoms with Gasteiger partial charge >= 0.3 is 5.97 Å². The first-order valence-electron chi connectivity index (χ1n) is 7.41. The first-order valence-corrected chi connectivity index (χ1v) is 7.41. The quantitative estimate of drug-likeness (QED) is 0.794. The zero-order valence-corrected chi connectivity index (χ0v) is 12.2. The van der Waals surface area contributed by atoms with E-state index in [-0.39, 0.29) is 23.5 Å². The lowest BCUT2D eigenvalue weighted by molar-refractivity contribution is -0.173. The molecule has 1 aliphatic carbocycles. The van der Waals surface area contributed by atoms with Crippen LogP contribution in [0.1, 0.15) is 44.2 Å². The van der Waals surface area contributed by atoms with Crippen molar-refractivity contribution in [3.05, 3.63) is 30.1 Å². The monoisotopic (exact) mass is 274 g/mol. The first kappa shape index (κ1) is 13.6. The molecule has 1 saturated carbocycles. The van der Waals surface area contributed by atoms with Gasteiger partial charge in [0.15, 0.2) is 0 Å². The lowest BCUT2D eigenvalue weighted by atomic mass is 9.69. The van der Waals surface area contributed by atoms with E-state index in [9.17, 15) is 4.79 Å². The fraction of sp³-hybridized carbons (Fsp3) is 0.625. The molecule has 4 heteroatoms. The molecule has 1 aliphatic heterocycles. The third kappa shape index (κ3) is 2.03. The zero-order chi connectivity index (χ0) is 14.2. The Morgan fingerprint density at radius 3 is 2.65 bits per heavy atom. The molecule has 4 nitrogen and oxygen atoms in total. The van der Waals surface area contributed by atoms with Crippen LogP contribution in [-0.2, 0) is 9.53 Å². The highest BCUT2D eigenvalue weighted by molar-refractivity contribution is 5.78. The second kappa shape index (κ2) is 5.17. The number of aromatic nitrogens is 1. The van der Waals surface area contributed by atoms with Crippen molar-refractivity contribution in [2.75, 3.05) is 13.7 Å². The van der Waals surface area contributed by atoms with Crippen molar-refractivity contribution in [3.8, 4) is 0 Å². The van der Waals surface area contributed by atoms with E-state index in [0.29, 0.717) is 0 Å². The lowest BCUT2D eigenvalue weighted by Crippen LogP contribution is -2.67. The highest BCUT2D eigenvalue weighted by Crippen LogP contribution is 2.53. The lowest BCUT2D eigenvalue weighted by Gasteiger charge is -2.56. The Morgan fingerprint density at radius 2 is 2.05 bits per heavy atom. The van der Waals surface area contributed by atoms with Gasteiger partial charge < -0.3 is 4.74 Å². The standard InChI is InChI=1S/C16H22N2O2/c1-12(13-5-9-17-10-6-13)18-11-16(7-3-4-8-16)14(18)15(19)20-2/h5-6,9-10,12,14H,3-4,7-8,11H2,1-2H3. The molecule has 0 aromatic carbocycles. The van der Waals surface area contributed by atoms with Gasteiger partial charge in [-0.1, -0.05) is 12.8 Å². The van der Waals surface area contributed by atoms with Crippen LogP contribution in [0.25, 0.3) is 0 Å². The van der Waals surface area contributed by atoms with Crippen LogP contribution < -0.4 is 0 Å².